The fraction of sp³-hybridized carbons (Fsp3) is 0.400. The van der Waals surface area contributed by atoms with Crippen molar-refractivity contribution in [2.45, 2.75) is 33.2 Å². The van der Waals surface area contributed by atoms with Crippen molar-refractivity contribution < 1.29 is 4.39 Å². The van der Waals surface area contributed by atoms with E-state index in [4.69, 9.17) is 4.98 Å². The van der Waals surface area contributed by atoms with Gasteiger partial charge in [0.15, 0.2) is 0 Å². The first-order valence-corrected chi connectivity index (χ1v) is 6.77. The molecule has 1 aromatic heterocycles. The molecule has 19 heavy (non-hydrogen) atoms. The molecular weight excluding hydrogens is 241 g/mol. The van der Waals surface area contributed by atoms with Gasteiger partial charge in [0.1, 0.15) is 11.6 Å². The molecule has 1 N–H and O–H groups in total. The second-order valence-electron chi connectivity index (χ2n) is 4.97. The quantitative estimate of drug-likeness (QED) is 0.898. The molecule has 0 saturated carbocycles. The molecule has 0 spiro atoms. The molecule has 0 radical (unpaired) electrons. The molecule has 4 heteroatoms. The van der Waals surface area contributed by atoms with Crippen molar-refractivity contribution in [3.05, 3.63) is 46.8 Å². The van der Waals surface area contributed by atoms with Crippen molar-refractivity contribution in [3.63, 3.8) is 0 Å². The SMILES string of the molecule is CCc1nc2c(n1-c1cc(F)ccc1C)CCNC2. The predicted octanol–water partition coefficient (Wildman–Crippen LogP) is 2.53. The van der Waals surface area contributed by atoms with Crippen molar-refractivity contribution >= 4 is 0 Å². The first-order valence-electron chi connectivity index (χ1n) is 6.77. The van der Waals surface area contributed by atoms with Crippen molar-refractivity contribution in [2.75, 3.05) is 6.54 Å². The predicted molar refractivity (Wildman–Crippen MR) is 73.0 cm³/mol. The molecule has 100 valence electrons. The maximum Gasteiger partial charge on any atom is 0.125 e. The van der Waals surface area contributed by atoms with Gasteiger partial charge in [0.25, 0.3) is 0 Å². The summed E-state index contributed by atoms with van der Waals surface area (Å²) in [6.45, 7) is 5.87. The topological polar surface area (TPSA) is 29.9 Å². The number of aryl methyl sites for hydroxylation is 2. The average Bonchev–Trinajstić information content (AvgIpc) is 2.80. The summed E-state index contributed by atoms with van der Waals surface area (Å²) < 4.78 is 15.7. The van der Waals surface area contributed by atoms with Gasteiger partial charge in [0.2, 0.25) is 0 Å². The van der Waals surface area contributed by atoms with Gasteiger partial charge in [-0.15, -0.1) is 0 Å². The minimum atomic E-state index is -0.195. The molecule has 0 atom stereocenters. The van der Waals surface area contributed by atoms with E-state index in [1.165, 1.54) is 11.8 Å². The number of halogens is 1. The van der Waals surface area contributed by atoms with Gasteiger partial charge >= 0.3 is 0 Å². The molecule has 0 amide bonds. The van der Waals surface area contributed by atoms with Crippen LogP contribution in [-0.4, -0.2) is 16.1 Å². The number of nitrogens with one attached hydrogen (secondary N) is 1. The second-order valence-corrected chi connectivity index (χ2v) is 4.97. The minimum absolute atomic E-state index is 0.195. The summed E-state index contributed by atoms with van der Waals surface area (Å²) in [6.07, 6.45) is 1.79. The third-order valence-corrected chi connectivity index (χ3v) is 3.68. The number of nitrogens with zero attached hydrogens (tertiary/aromatic N) is 2. The van der Waals surface area contributed by atoms with Crippen LogP contribution < -0.4 is 5.32 Å². The largest absolute Gasteiger partial charge is 0.311 e. The summed E-state index contributed by atoms with van der Waals surface area (Å²) >= 11 is 0. The van der Waals surface area contributed by atoms with Crippen molar-refractivity contribution in [2.24, 2.45) is 0 Å². The Morgan fingerprint density at radius 1 is 1.42 bits per heavy atom. The van der Waals surface area contributed by atoms with Crippen LogP contribution in [0.25, 0.3) is 5.69 Å². The van der Waals surface area contributed by atoms with Crippen molar-refractivity contribution in [1.29, 1.82) is 0 Å². The maximum atomic E-state index is 13.6. The third kappa shape index (κ3) is 2.06. The smallest absolute Gasteiger partial charge is 0.125 e. The van der Waals surface area contributed by atoms with Crippen molar-refractivity contribution in [1.82, 2.24) is 14.9 Å². The number of rotatable bonds is 2. The van der Waals surface area contributed by atoms with Crippen LogP contribution in [0.2, 0.25) is 0 Å². The number of hydrogen-bond donors (Lipinski definition) is 1. The van der Waals surface area contributed by atoms with E-state index in [1.54, 1.807) is 6.07 Å². The molecule has 1 aliphatic rings. The Labute approximate surface area is 112 Å². The zero-order valence-electron chi connectivity index (χ0n) is 11.3. The second kappa shape index (κ2) is 4.78. The monoisotopic (exact) mass is 259 g/mol. The van der Waals surface area contributed by atoms with E-state index in [9.17, 15) is 4.39 Å². The van der Waals surface area contributed by atoms with E-state index < -0.39 is 0 Å². The summed E-state index contributed by atoms with van der Waals surface area (Å²) in [6, 6.07) is 4.95. The molecule has 2 heterocycles. The Balaban J connectivity index is 2.23. The first-order chi connectivity index (χ1) is 9.20. The van der Waals surface area contributed by atoms with Crippen LogP contribution in [0, 0.1) is 12.7 Å². The van der Waals surface area contributed by atoms with Crippen LogP contribution in [0.15, 0.2) is 18.2 Å². The van der Waals surface area contributed by atoms with E-state index in [0.717, 1.165) is 48.7 Å². The van der Waals surface area contributed by atoms with Crippen LogP contribution in [0.5, 0.6) is 0 Å². The van der Waals surface area contributed by atoms with E-state index in [0.29, 0.717) is 0 Å². The lowest BCUT2D eigenvalue weighted by molar-refractivity contribution is 0.614. The molecule has 0 unspecified atom stereocenters. The molecule has 0 fully saturated rings. The molecule has 0 bridgehead atoms. The summed E-state index contributed by atoms with van der Waals surface area (Å²) in [5, 5.41) is 3.33. The number of aromatic nitrogens is 2. The van der Waals surface area contributed by atoms with Crippen LogP contribution in [-0.2, 0) is 19.4 Å². The lowest BCUT2D eigenvalue weighted by atomic mass is 10.1. The highest BCUT2D eigenvalue weighted by atomic mass is 19.1. The van der Waals surface area contributed by atoms with Gasteiger partial charge in [-0.2, -0.15) is 0 Å². The molecule has 0 saturated heterocycles. The maximum absolute atomic E-state index is 13.6. The number of benzene rings is 1. The Morgan fingerprint density at radius 2 is 2.26 bits per heavy atom. The summed E-state index contributed by atoms with van der Waals surface area (Å²) in [7, 11) is 0. The highest BCUT2D eigenvalue weighted by Crippen LogP contribution is 2.24. The van der Waals surface area contributed by atoms with Gasteiger partial charge in [-0.3, -0.25) is 4.57 Å². The highest BCUT2D eigenvalue weighted by molar-refractivity contribution is 5.45. The fourth-order valence-electron chi connectivity index (χ4n) is 2.71. The zero-order valence-corrected chi connectivity index (χ0v) is 11.3. The highest BCUT2D eigenvalue weighted by Gasteiger charge is 2.20. The van der Waals surface area contributed by atoms with Gasteiger partial charge in [-0.05, 0) is 24.6 Å². The van der Waals surface area contributed by atoms with Crippen LogP contribution >= 0.6 is 0 Å². The van der Waals surface area contributed by atoms with Gasteiger partial charge in [0, 0.05) is 31.6 Å². The van der Waals surface area contributed by atoms with Gasteiger partial charge in [0.05, 0.1) is 11.4 Å². The summed E-state index contributed by atoms with van der Waals surface area (Å²) in [5.41, 5.74) is 4.33. The van der Waals surface area contributed by atoms with E-state index in [2.05, 4.69) is 16.8 Å². The number of imidazole rings is 1. The van der Waals surface area contributed by atoms with Gasteiger partial charge in [-0.1, -0.05) is 13.0 Å². The summed E-state index contributed by atoms with van der Waals surface area (Å²) in [5.74, 6) is 0.821. The van der Waals surface area contributed by atoms with Crippen LogP contribution in [0.1, 0.15) is 29.7 Å². The van der Waals surface area contributed by atoms with Crippen LogP contribution in [0.3, 0.4) is 0 Å². The Hall–Kier alpha value is -1.68. The molecule has 3 nitrogen and oxygen atoms in total. The minimum Gasteiger partial charge on any atom is -0.311 e. The Bertz CT molecular complexity index is 616. The summed E-state index contributed by atoms with van der Waals surface area (Å²) in [4.78, 5) is 4.69. The molecule has 2 aromatic rings. The average molecular weight is 259 g/mol. The number of hydrogen-bond acceptors (Lipinski definition) is 2. The lowest BCUT2D eigenvalue weighted by Crippen LogP contribution is -2.25. The standard InChI is InChI=1S/C15H18FN3/c1-3-15-18-12-9-17-7-6-13(12)19(15)14-8-11(16)5-4-10(14)2/h4-5,8,17H,3,6-7,9H2,1-2H3. The molecule has 1 aromatic carbocycles. The molecular formula is C15H18FN3. The number of fused-ring (bicyclic) bond motifs is 1. The molecule has 3 rings (SSSR count). The van der Waals surface area contributed by atoms with E-state index in [-0.39, 0.29) is 5.82 Å². The molecule has 1 aliphatic heterocycles. The first kappa shape index (κ1) is 12.4. The normalized spacial score (nSPS) is 14.5. The van der Waals surface area contributed by atoms with Gasteiger partial charge in [-0.25, -0.2) is 9.37 Å². The Morgan fingerprint density at radius 3 is 3.05 bits per heavy atom. The van der Waals surface area contributed by atoms with E-state index in [1.807, 2.05) is 13.0 Å². The molecule has 0 aliphatic carbocycles. The van der Waals surface area contributed by atoms with Gasteiger partial charge < -0.3 is 5.32 Å². The zero-order chi connectivity index (χ0) is 13.4. The lowest BCUT2D eigenvalue weighted by Gasteiger charge is -2.17. The van der Waals surface area contributed by atoms with Crippen molar-refractivity contribution in [3.8, 4) is 5.69 Å². The fourth-order valence-corrected chi connectivity index (χ4v) is 2.71. The third-order valence-electron chi connectivity index (χ3n) is 3.68. The van der Waals surface area contributed by atoms with E-state index >= 15 is 0 Å². The Kier molecular flexibility index (Phi) is 3.11. The van der Waals surface area contributed by atoms with Crippen LogP contribution in [0.4, 0.5) is 4.39 Å².